The lowest BCUT2D eigenvalue weighted by molar-refractivity contribution is 0.130. The van der Waals surface area contributed by atoms with Gasteiger partial charge in [0.1, 0.15) is 0 Å². The molecular formula is C15H32N2. The van der Waals surface area contributed by atoms with Gasteiger partial charge in [-0.25, -0.2) is 0 Å². The zero-order chi connectivity index (χ0) is 12.4. The summed E-state index contributed by atoms with van der Waals surface area (Å²) in [5, 5.41) is 3.58. The van der Waals surface area contributed by atoms with Crippen LogP contribution in [0.15, 0.2) is 0 Å². The first-order valence-electron chi connectivity index (χ1n) is 7.74. The van der Waals surface area contributed by atoms with Gasteiger partial charge in [-0.1, -0.05) is 45.4 Å². The van der Waals surface area contributed by atoms with Crippen molar-refractivity contribution >= 4 is 0 Å². The van der Waals surface area contributed by atoms with Crippen LogP contribution in [0.3, 0.4) is 0 Å². The van der Waals surface area contributed by atoms with Crippen molar-refractivity contribution in [3.05, 3.63) is 0 Å². The van der Waals surface area contributed by atoms with Gasteiger partial charge in [-0.3, -0.25) is 0 Å². The third-order valence-electron chi connectivity index (χ3n) is 4.39. The van der Waals surface area contributed by atoms with E-state index in [4.69, 9.17) is 5.73 Å². The molecule has 2 heteroatoms. The molecule has 0 saturated heterocycles. The summed E-state index contributed by atoms with van der Waals surface area (Å²) in [6.07, 6.45) is 13.8. The lowest BCUT2D eigenvalue weighted by Crippen LogP contribution is -2.39. The van der Waals surface area contributed by atoms with Crippen molar-refractivity contribution in [2.24, 2.45) is 11.1 Å². The van der Waals surface area contributed by atoms with Crippen molar-refractivity contribution in [2.75, 3.05) is 19.6 Å². The molecule has 0 aromatic heterocycles. The Bertz CT molecular complexity index is 170. The number of nitrogens with two attached hydrogens (primary N) is 1. The Labute approximate surface area is 108 Å². The van der Waals surface area contributed by atoms with Crippen LogP contribution < -0.4 is 11.1 Å². The first kappa shape index (κ1) is 15.0. The van der Waals surface area contributed by atoms with Crippen LogP contribution in [0.25, 0.3) is 0 Å². The Morgan fingerprint density at radius 2 is 1.71 bits per heavy atom. The fourth-order valence-electron chi connectivity index (χ4n) is 2.74. The maximum atomic E-state index is 5.85. The molecule has 0 spiro atoms. The molecule has 1 aliphatic carbocycles. The largest absolute Gasteiger partial charge is 0.330 e. The molecule has 0 heterocycles. The minimum absolute atomic E-state index is 0.522. The summed E-state index contributed by atoms with van der Waals surface area (Å²) in [7, 11) is 0. The van der Waals surface area contributed by atoms with Gasteiger partial charge in [0, 0.05) is 0 Å². The molecule has 3 N–H and O–H groups in total. The summed E-state index contributed by atoms with van der Waals surface area (Å²) in [5.41, 5.74) is 6.37. The fourth-order valence-corrected chi connectivity index (χ4v) is 2.74. The van der Waals surface area contributed by atoms with E-state index in [9.17, 15) is 0 Å². The van der Waals surface area contributed by atoms with Gasteiger partial charge < -0.3 is 11.1 Å². The van der Waals surface area contributed by atoms with Gasteiger partial charge in [0.2, 0.25) is 0 Å². The van der Waals surface area contributed by atoms with Crippen LogP contribution in [0.4, 0.5) is 0 Å². The van der Waals surface area contributed by atoms with Crippen LogP contribution in [0.5, 0.6) is 0 Å². The van der Waals surface area contributed by atoms with E-state index in [1.165, 1.54) is 77.3 Å². The van der Waals surface area contributed by atoms with Gasteiger partial charge in [-0.15, -0.1) is 0 Å². The highest BCUT2D eigenvalue weighted by Crippen LogP contribution is 2.42. The van der Waals surface area contributed by atoms with Crippen LogP contribution in [0.1, 0.15) is 71.1 Å². The maximum absolute atomic E-state index is 5.85. The van der Waals surface area contributed by atoms with Crippen molar-refractivity contribution in [1.29, 1.82) is 0 Å². The Kier molecular flexibility index (Phi) is 7.87. The monoisotopic (exact) mass is 240 g/mol. The predicted octanol–water partition coefficient (Wildman–Crippen LogP) is 3.46. The molecular weight excluding hydrogens is 208 g/mol. The minimum Gasteiger partial charge on any atom is -0.330 e. The molecule has 102 valence electrons. The van der Waals surface area contributed by atoms with Crippen molar-refractivity contribution in [3.8, 4) is 0 Å². The molecule has 0 unspecified atom stereocenters. The van der Waals surface area contributed by atoms with Crippen molar-refractivity contribution in [1.82, 2.24) is 5.32 Å². The molecule has 2 nitrogen and oxygen atoms in total. The number of nitrogens with one attached hydrogen (secondary N) is 1. The van der Waals surface area contributed by atoms with Crippen LogP contribution in [0.2, 0.25) is 0 Å². The molecule has 1 fully saturated rings. The summed E-state index contributed by atoms with van der Waals surface area (Å²) in [5.74, 6) is 0. The fraction of sp³-hybridized carbons (Fsp3) is 1.00. The highest BCUT2D eigenvalue weighted by Gasteiger charge is 2.34. The van der Waals surface area contributed by atoms with Gasteiger partial charge in [0.05, 0.1) is 0 Å². The zero-order valence-electron chi connectivity index (χ0n) is 11.8. The molecule has 17 heavy (non-hydrogen) atoms. The van der Waals surface area contributed by atoms with Gasteiger partial charge in [0.25, 0.3) is 0 Å². The van der Waals surface area contributed by atoms with E-state index in [1.807, 2.05) is 0 Å². The highest BCUT2D eigenvalue weighted by molar-refractivity contribution is 4.88. The van der Waals surface area contributed by atoms with Crippen LogP contribution in [-0.2, 0) is 0 Å². The van der Waals surface area contributed by atoms with Gasteiger partial charge in [-0.05, 0) is 50.7 Å². The molecule has 1 rings (SSSR count). The van der Waals surface area contributed by atoms with Crippen LogP contribution in [-0.4, -0.2) is 19.6 Å². The summed E-state index contributed by atoms with van der Waals surface area (Å²) in [4.78, 5) is 0. The highest BCUT2D eigenvalue weighted by atomic mass is 14.8. The molecule has 0 aromatic rings. The van der Waals surface area contributed by atoms with E-state index in [1.54, 1.807) is 0 Å². The normalized spacial score (nSPS) is 18.0. The third-order valence-corrected chi connectivity index (χ3v) is 4.39. The maximum Gasteiger partial charge on any atom is -0.00201 e. The lowest BCUT2D eigenvalue weighted by Gasteiger charge is -2.41. The molecule has 0 radical (unpaired) electrons. The standard InChI is InChI=1S/C15H32N2/c1-2-3-4-5-6-7-12-17-13-11-15(14-16)9-8-10-15/h17H,2-14,16H2,1H3. The second-order valence-electron chi connectivity index (χ2n) is 5.83. The summed E-state index contributed by atoms with van der Waals surface area (Å²) in [6.45, 7) is 5.54. The lowest BCUT2D eigenvalue weighted by atomic mass is 9.67. The molecule has 0 amide bonds. The Morgan fingerprint density at radius 3 is 2.29 bits per heavy atom. The molecule has 1 saturated carbocycles. The van der Waals surface area contributed by atoms with E-state index in [-0.39, 0.29) is 0 Å². The average molecular weight is 240 g/mol. The Balaban J connectivity index is 1.81. The average Bonchev–Trinajstić information content (AvgIpc) is 2.30. The molecule has 0 atom stereocenters. The predicted molar refractivity (Wildman–Crippen MR) is 76.2 cm³/mol. The summed E-state index contributed by atoms with van der Waals surface area (Å²) >= 11 is 0. The van der Waals surface area contributed by atoms with Gasteiger partial charge in [-0.2, -0.15) is 0 Å². The van der Waals surface area contributed by atoms with E-state index in [0.717, 1.165) is 6.54 Å². The Hall–Kier alpha value is -0.0800. The van der Waals surface area contributed by atoms with Gasteiger partial charge in [0.15, 0.2) is 0 Å². The molecule has 0 aromatic carbocycles. The second kappa shape index (κ2) is 8.93. The SMILES string of the molecule is CCCCCCCCNCCC1(CN)CCC1. The quantitative estimate of drug-likeness (QED) is 0.543. The van der Waals surface area contributed by atoms with Crippen molar-refractivity contribution < 1.29 is 0 Å². The number of unbranched alkanes of at least 4 members (excludes halogenated alkanes) is 5. The number of hydrogen-bond acceptors (Lipinski definition) is 2. The number of rotatable bonds is 11. The molecule has 0 bridgehead atoms. The first-order valence-corrected chi connectivity index (χ1v) is 7.74. The van der Waals surface area contributed by atoms with Crippen molar-refractivity contribution in [3.63, 3.8) is 0 Å². The first-order chi connectivity index (χ1) is 8.33. The van der Waals surface area contributed by atoms with Crippen LogP contribution in [0, 0.1) is 5.41 Å². The summed E-state index contributed by atoms with van der Waals surface area (Å²) in [6, 6.07) is 0. The van der Waals surface area contributed by atoms with E-state index in [2.05, 4.69) is 12.2 Å². The van der Waals surface area contributed by atoms with Crippen molar-refractivity contribution in [2.45, 2.75) is 71.1 Å². The van der Waals surface area contributed by atoms with E-state index < -0.39 is 0 Å². The molecule has 1 aliphatic rings. The van der Waals surface area contributed by atoms with E-state index >= 15 is 0 Å². The topological polar surface area (TPSA) is 38.0 Å². The summed E-state index contributed by atoms with van der Waals surface area (Å²) < 4.78 is 0. The Morgan fingerprint density at radius 1 is 1.00 bits per heavy atom. The molecule has 0 aliphatic heterocycles. The zero-order valence-corrected chi connectivity index (χ0v) is 11.8. The van der Waals surface area contributed by atoms with Gasteiger partial charge >= 0.3 is 0 Å². The number of hydrogen-bond donors (Lipinski definition) is 2. The second-order valence-corrected chi connectivity index (χ2v) is 5.83. The smallest absolute Gasteiger partial charge is 0.00201 e. The third kappa shape index (κ3) is 5.87. The minimum atomic E-state index is 0.522. The van der Waals surface area contributed by atoms with Crippen LogP contribution >= 0.6 is 0 Å². The van der Waals surface area contributed by atoms with E-state index in [0.29, 0.717) is 5.41 Å².